The first-order chi connectivity index (χ1) is 3.56. The summed E-state index contributed by atoms with van der Waals surface area (Å²) in [6, 6.07) is 0. The van der Waals surface area contributed by atoms with Gasteiger partial charge in [-0.2, -0.15) is 0 Å². The van der Waals surface area contributed by atoms with E-state index in [2.05, 4.69) is 4.99 Å². The van der Waals surface area contributed by atoms with E-state index >= 15 is 0 Å². The maximum absolute atomic E-state index is 6.56. The quantitative estimate of drug-likeness (QED) is 0.396. The summed E-state index contributed by atoms with van der Waals surface area (Å²) in [5.74, 6) is 0. The molecule has 2 heteroatoms. The van der Waals surface area contributed by atoms with Crippen LogP contribution in [0.25, 0.3) is 0 Å². The van der Waals surface area contributed by atoms with E-state index in [0.717, 1.165) is 6.34 Å². The highest BCUT2D eigenvalue weighted by molar-refractivity contribution is 5.74. The molecule has 0 atom stereocenters. The number of hydrogen-bond donors (Lipinski definition) is 1. The predicted octanol–water partition coefficient (Wildman–Crippen LogP) is 1.71. The van der Waals surface area contributed by atoms with Crippen LogP contribution in [0.15, 0.2) is 4.99 Å². The number of nitrogens with zero attached hydrogens (tertiary/aromatic N) is 1. The Morgan fingerprint density at radius 2 is 1.88 bits per heavy atom. The zero-order valence-corrected chi connectivity index (χ0v) is 5.60. The van der Waals surface area contributed by atoms with E-state index in [1.165, 1.54) is 0 Å². The zero-order valence-electron chi connectivity index (χ0n) is 5.60. The predicted molar refractivity (Wildman–Crippen MR) is 36.7 cm³/mol. The normalized spacial score (nSPS) is 12.4. The van der Waals surface area contributed by atoms with Crippen molar-refractivity contribution in [3.8, 4) is 0 Å². The number of nitrogens with one attached hydrogen (secondary N) is 1. The van der Waals surface area contributed by atoms with Crippen LogP contribution >= 0.6 is 0 Å². The molecular weight excluding hydrogens is 100 g/mol. The molecule has 0 fully saturated rings. The van der Waals surface area contributed by atoms with Crippen LogP contribution in [0.5, 0.6) is 0 Å². The molecule has 0 aromatic rings. The highest BCUT2D eigenvalue weighted by Gasteiger charge is 2.03. The Bertz CT molecular complexity index is 97.6. The molecule has 0 saturated carbocycles. The Hall–Kier alpha value is -0.660. The molecule has 0 aliphatic heterocycles. The van der Waals surface area contributed by atoms with E-state index in [-0.39, 0.29) is 5.41 Å². The Labute approximate surface area is 50.1 Å². The smallest absolute Gasteiger partial charge is 0.106 e. The molecule has 0 aromatic heterocycles. The first-order valence-electron chi connectivity index (χ1n) is 2.59. The number of hydrogen-bond acceptors (Lipinski definition) is 1. The summed E-state index contributed by atoms with van der Waals surface area (Å²) in [5.41, 5.74) is 0.109. The first-order valence-corrected chi connectivity index (χ1v) is 2.59. The third kappa shape index (κ3) is 5.34. The lowest BCUT2D eigenvalue weighted by Gasteiger charge is -2.07. The molecule has 1 N–H and O–H groups in total. The van der Waals surface area contributed by atoms with Gasteiger partial charge in [0.15, 0.2) is 0 Å². The largest absolute Gasteiger partial charge is 0.290 e. The monoisotopic (exact) mass is 112 g/mol. The maximum atomic E-state index is 6.56. The van der Waals surface area contributed by atoms with Crippen molar-refractivity contribution in [2.45, 2.75) is 20.8 Å². The van der Waals surface area contributed by atoms with Gasteiger partial charge in [-0.25, -0.2) is 4.99 Å². The molecule has 0 spiro atoms. The van der Waals surface area contributed by atoms with Crippen LogP contribution in [0.4, 0.5) is 0 Å². The summed E-state index contributed by atoms with van der Waals surface area (Å²) >= 11 is 0. The van der Waals surface area contributed by atoms with E-state index in [0.29, 0.717) is 0 Å². The molecule has 0 aromatic carbocycles. The summed E-state index contributed by atoms with van der Waals surface area (Å²) in [6.45, 7) is 6.12. The van der Waals surface area contributed by atoms with Gasteiger partial charge in [0.25, 0.3) is 0 Å². The molecule has 0 saturated heterocycles. The summed E-state index contributed by atoms with van der Waals surface area (Å²) in [4.78, 5) is 3.66. The fraction of sp³-hybridized carbons (Fsp3) is 0.667. The molecule has 0 heterocycles. The highest BCUT2D eigenvalue weighted by atomic mass is 14.7. The van der Waals surface area contributed by atoms with Crippen molar-refractivity contribution in [2.75, 3.05) is 0 Å². The summed E-state index contributed by atoms with van der Waals surface area (Å²) in [7, 11) is 0. The molecule has 2 nitrogen and oxygen atoms in total. The van der Waals surface area contributed by atoms with Crippen LogP contribution in [0.2, 0.25) is 0 Å². The summed E-state index contributed by atoms with van der Waals surface area (Å²) in [6.07, 6.45) is 2.80. The average Bonchev–Trinajstić information content (AvgIpc) is 1.59. The lowest BCUT2D eigenvalue weighted by atomic mass is 9.99. The van der Waals surface area contributed by atoms with Crippen molar-refractivity contribution in [1.29, 1.82) is 5.41 Å². The van der Waals surface area contributed by atoms with Gasteiger partial charge < -0.3 is 0 Å². The Morgan fingerprint density at radius 3 is 2.00 bits per heavy atom. The molecular formula is C6H12N2. The maximum Gasteiger partial charge on any atom is 0.106 e. The van der Waals surface area contributed by atoms with E-state index in [1.807, 2.05) is 20.8 Å². The highest BCUT2D eigenvalue weighted by Crippen LogP contribution is 2.07. The van der Waals surface area contributed by atoms with Gasteiger partial charge in [-0.15, -0.1) is 0 Å². The zero-order chi connectivity index (χ0) is 6.62. The van der Waals surface area contributed by atoms with Crippen molar-refractivity contribution in [3.05, 3.63) is 0 Å². The third-order valence-electron chi connectivity index (χ3n) is 0.536. The van der Waals surface area contributed by atoms with E-state index < -0.39 is 0 Å². The lowest BCUT2D eigenvalue weighted by Crippen LogP contribution is -2.05. The molecule has 0 amide bonds. The topological polar surface area (TPSA) is 36.2 Å². The van der Waals surface area contributed by atoms with Crippen molar-refractivity contribution < 1.29 is 0 Å². The van der Waals surface area contributed by atoms with Gasteiger partial charge in [0, 0.05) is 6.21 Å². The van der Waals surface area contributed by atoms with Crippen LogP contribution < -0.4 is 0 Å². The summed E-state index contributed by atoms with van der Waals surface area (Å²) < 4.78 is 0. The lowest BCUT2D eigenvalue weighted by molar-refractivity contribution is 0.608. The fourth-order valence-electron chi connectivity index (χ4n) is 0.261. The van der Waals surface area contributed by atoms with Crippen LogP contribution in [-0.4, -0.2) is 12.6 Å². The molecule has 0 aliphatic carbocycles. The van der Waals surface area contributed by atoms with Crippen molar-refractivity contribution in [1.82, 2.24) is 0 Å². The fourth-order valence-corrected chi connectivity index (χ4v) is 0.261. The number of aliphatic imine (C=N–C) groups is 1. The van der Waals surface area contributed by atoms with Gasteiger partial charge in [0.2, 0.25) is 0 Å². The Kier molecular flexibility index (Phi) is 2.38. The van der Waals surface area contributed by atoms with Crippen molar-refractivity contribution in [3.63, 3.8) is 0 Å². The second kappa shape index (κ2) is 2.60. The Balaban J connectivity index is 3.69. The first kappa shape index (κ1) is 7.34. The Morgan fingerprint density at radius 1 is 1.38 bits per heavy atom. The van der Waals surface area contributed by atoms with E-state index in [1.54, 1.807) is 6.21 Å². The molecule has 0 bridgehead atoms. The van der Waals surface area contributed by atoms with Gasteiger partial charge in [-0.05, 0) is 5.41 Å². The molecule has 8 heavy (non-hydrogen) atoms. The van der Waals surface area contributed by atoms with E-state index in [9.17, 15) is 0 Å². The van der Waals surface area contributed by atoms with Gasteiger partial charge in [0.05, 0.1) is 0 Å². The second-order valence-corrected chi connectivity index (χ2v) is 2.77. The van der Waals surface area contributed by atoms with Gasteiger partial charge in [-0.3, -0.25) is 5.41 Å². The van der Waals surface area contributed by atoms with E-state index in [4.69, 9.17) is 5.41 Å². The van der Waals surface area contributed by atoms with Crippen molar-refractivity contribution >= 4 is 12.6 Å². The number of rotatable bonds is 1. The van der Waals surface area contributed by atoms with Crippen LogP contribution in [0.3, 0.4) is 0 Å². The van der Waals surface area contributed by atoms with Crippen molar-refractivity contribution in [2.24, 2.45) is 10.4 Å². The van der Waals surface area contributed by atoms with Gasteiger partial charge >= 0.3 is 0 Å². The molecule has 46 valence electrons. The average molecular weight is 112 g/mol. The minimum absolute atomic E-state index is 0.109. The van der Waals surface area contributed by atoms with Crippen LogP contribution in [0, 0.1) is 10.8 Å². The second-order valence-electron chi connectivity index (χ2n) is 2.77. The molecule has 0 radical (unpaired) electrons. The standard InChI is InChI=1S/C6H12N2/c1-6(2,3)4-8-5-7/h4-5,7H,1-3H3. The van der Waals surface area contributed by atoms with Crippen LogP contribution in [-0.2, 0) is 0 Å². The minimum Gasteiger partial charge on any atom is -0.290 e. The molecule has 0 rings (SSSR count). The molecule has 0 unspecified atom stereocenters. The van der Waals surface area contributed by atoms with Gasteiger partial charge in [-0.1, -0.05) is 20.8 Å². The SMILES string of the molecule is CC(C)(C)C=NC=N. The van der Waals surface area contributed by atoms with Crippen LogP contribution in [0.1, 0.15) is 20.8 Å². The van der Waals surface area contributed by atoms with Gasteiger partial charge in [0.1, 0.15) is 6.34 Å². The summed E-state index contributed by atoms with van der Waals surface area (Å²) in [5, 5.41) is 6.56. The minimum atomic E-state index is 0.109. The third-order valence-corrected chi connectivity index (χ3v) is 0.536. The molecule has 0 aliphatic rings.